The molecule has 3 nitrogen and oxygen atoms in total. The van der Waals surface area contributed by atoms with Crippen molar-refractivity contribution in [2.75, 3.05) is 46.8 Å². The van der Waals surface area contributed by atoms with E-state index in [0.717, 1.165) is 38.3 Å². The summed E-state index contributed by atoms with van der Waals surface area (Å²) in [4.78, 5) is 4.69. The van der Waals surface area contributed by atoms with Crippen molar-refractivity contribution in [1.82, 2.24) is 15.1 Å². The molecular weight excluding hydrogens is 241 g/mol. The lowest BCUT2D eigenvalue weighted by molar-refractivity contribution is 0.144. The predicted molar refractivity (Wildman–Crippen MR) is 76.9 cm³/mol. The van der Waals surface area contributed by atoms with Gasteiger partial charge in [-0.15, -0.1) is 0 Å². The minimum atomic E-state index is -0.118. The molecule has 0 amide bonds. The zero-order valence-electron chi connectivity index (χ0n) is 12.1. The van der Waals surface area contributed by atoms with Crippen LogP contribution in [0.5, 0.6) is 0 Å². The van der Waals surface area contributed by atoms with Crippen molar-refractivity contribution >= 4 is 0 Å². The summed E-state index contributed by atoms with van der Waals surface area (Å²) >= 11 is 0. The normalized spacial score (nSPS) is 18.8. The van der Waals surface area contributed by atoms with Gasteiger partial charge in [0.25, 0.3) is 0 Å². The number of aryl methyl sites for hydroxylation is 1. The number of hydrogen-bond donors (Lipinski definition) is 1. The second-order valence-corrected chi connectivity index (χ2v) is 5.57. The lowest BCUT2D eigenvalue weighted by Gasteiger charge is -2.36. The lowest BCUT2D eigenvalue weighted by Crippen LogP contribution is -2.47. The highest BCUT2D eigenvalue weighted by Gasteiger charge is 2.23. The van der Waals surface area contributed by atoms with E-state index in [4.69, 9.17) is 0 Å². The van der Waals surface area contributed by atoms with Crippen LogP contribution in [0.25, 0.3) is 0 Å². The standard InChI is InChI=1S/C15H24FN3/c1-12-10-13(4-5-14(12)16)15(11-18(2)3)19-8-6-17-7-9-19/h4-5,10,15,17H,6-9,11H2,1-3H3. The van der Waals surface area contributed by atoms with Gasteiger partial charge in [0.2, 0.25) is 0 Å². The number of piperazine rings is 1. The van der Waals surface area contributed by atoms with Gasteiger partial charge >= 0.3 is 0 Å². The topological polar surface area (TPSA) is 18.5 Å². The summed E-state index contributed by atoms with van der Waals surface area (Å²) in [5.74, 6) is -0.118. The second-order valence-electron chi connectivity index (χ2n) is 5.57. The van der Waals surface area contributed by atoms with Gasteiger partial charge in [0, 0.05) is 38.8 Å². The van der Waals surface area contributed by atoms with Crippen molar-refractivity contribution < 1.29 is 4.39 Å². The summed E-state index contributed by atoms with van der Waals surface area (Å²) in [6.07, 6.45) is 0. The molecule has 0 bridgehead atoms. The van der Waals surface area contributed by atoms with E-state index < -0.39 is 0 Å². The number of rotatable bonds is 4. The molecule has 106 valence electrons. The molecule has 1 aromatic rings. The molecule has 0 radical (unpaired) electrons. The first-order valence-corrected chi connectivity index (χ1v) is 6.93. The quantitative estimate of drug-likeness (QED) is 0.893. The maximum Gasteiger partial charge on any atom is 0.126 e. The van der Waals surface area contributed by atoms with E-state index >= 15 is 0 Å². The molecule has 1 N–H and O–H groups in total. The maximum atomic E-state index is 13.4. The van der Waals surface area contributed by atoms with Crippen molar-refractivity contribution in [2.45, 2.75) is 13.0 Å². The van der Waals surface area contributed by atoms with Gasteiger partial charge in [0.15, 0.2) is 0 Å². The Balaban J connectivity index is 2.22. The molecule has 1 aromatic carbocycles. The Morgan fingerprint density at radius 1 is 1.32 bits per heavy atom. The molecule has 4 heteroatoms. The third-order valence-corrected chi connectivity index (χ3v) is 3.70. The maximum absolute atomic E-state index is 13.4. The highest BCUT2D eigenvalue weighted by molar-refractivity contribution is 5.27. The van der Waals surface area contributed by atoms with Gasteiger partial charge in [0.1, 0.15) is 5.82 Å². The van der Waals surface area contributed by atoms with Crippen LogP contribution < -0.4 is 5.32 Å². The average molecular weight is 265 g/mol. The third kappa shape index (κ3) is 3.75. The highest BCUT2D eigenvalue weighted by Crippen LogP contribution is 2.23. The van der Waals surface area contributed by atoms with Gasteiger partial charge in [-0.2, -0.15) is 0 Å². The molecule has 1 saturated heterocycles. The van der Waals surface area contributed by atoms with E-state index in [1.165, 1.54) is 5.56 Å². The second kappa shape index (κ2) is 6.46. The fraction of sp³-hybridized carbons (Fsp3) is 0.600. The van der Waals surface area contributed by atoms with Crippen LogP contribution in [-0.4, -0.2) is 56.6 Å². The van der Waals surface area contributed by atoms with Crippen molar-refractivity contribution in [2.24, 2.45) is 0 Å². The molecule has 1 fully saturated rings. The van der Waals surface area contributed by atoms with E-state index in [1.807, 2.05) is 19.1 Å². The average Bonchev–Trinajstić information content (AvgIpc) is 2.40. The number of nitrogens with zero attached hydrogens (tertiary/aromatic N) is 2. The Morgan fingerprint density at radius 3 is 2.58 bits per heavy atom. The number of hydrogen-bond acceptors (Lipinski definition) is 3. The van der Waals surface area contributed by atoms with Crippen molar-refractivity contribution in [1.29, 1.82) is 0 Å². The third-order valence-electron chi connectivity index (χ3n) is 3.70. The summed E-state index contributed by atoms with van der Waals surface area (Å²) in [6.45, 7) is 6.96. The van der Waals surface area contributed by atoms with Crippen LogP contribution in [0, 0.1) is 12.7 Å². The van der Waals surface area contributed by atoms with Crippen LogP contribution in [0.15, 0.2) is 18.2 Å². The smallest absolute Gasteiger partial charge is 0.126 e. The highest BCUT2D eigenvalue weighted by atomic mass is 19.1. The number of nitrogens with one attached hydrogen (secondary N) is 1. The molecule has 0 aromatic heterocycles. The van der Waals surface area contributed by atoms with Gasteiger partial charge in [0.05, 0.1) is 0 Å². The summed E-state index contributed by atoms with van der Waals surface area (Å²) in [5.41, 5.74) is 1.95. The molecule has 1 aliphatic rings. The summed E-state index contributed by atoms with van der Waals surface area (Å²) in [6, 6.07) is 5.86. The summed E-state index contributed by atoms with van der Waals surface area (Å²) in [7, 11) is 4.18. The molecule has 1 atom stereocenters. The van der Waals surface area contributed by atoms with Gasteiger partial charge < -0.3 is 10.2 Å². The van der Waals surface area contributed by atoms with E-state index in [9.17, 15) is 4.39 Å². The Bertz CT molecular complexity index is 414. The van der Waals surface area contributed by atoms with Gasteiger partial charge in [-0.25, -0.2) is 4.39 Å². The van der Waals surface area contributed by atoms with Crippen LogP contribution in [0.2, 0.25) is 0 Å². The first kappa shape index (κ1) is 14.4. The van der Waals surface area contributed by atoms with Gasteiger partial charge in [-0.3, -0.25) is 4.90 Å². The molecule has 1 unspecified atom stereocenters. The van der Waals surface area contributed by atoms with E-state index in [2.05, 4.69) is 29.2 Å². The van der Waals surface area contributed by atoms with E-state index in [-0.39, 0.29) is 5.82 Å². The molecule has 19 heavy (non-hydrogen) atoms. The lowest BCUT2D eigenvalue weighted by atomic mass is 10.0. The Morgan fingerprint density at radius 2 is 2.00 bits per heavy atom. The Labute approximate surface area is 115 Å². The van der Waals surface area contributed by atoms with Crippen LogP contribution in [-0.2, 0) is 0 Å². The molecule has 0 saturated carbocycles. The minimum Gasteiger partial charge on any atom is -0.314 e. The van der Waals surface area contributed by atoms with Crippen molar-refractivity contribution in [3.05, 3.63) is 35.1 Å². The van der Waals surface area contributed by atoms with E-state index in [1.54, 1.807) is 6.07 Å². The molecular formula is C15H24FN3. The summed E-state index contributed by atoms with van der Waals surface area (Å²) < 4.78 is 13.4. The fourth-order valence-corrected chi connectivity index (χ4v) is 2.65. The first-order chi connectivity index (χ1) is 9.08. The summed E-state index contributed by atoms with van der Waals surface area (Å²) in [5, 5.41) is 3.38. The van der Waals surface area contributed by atoms with Gasteiger partial charge in [-0.1, -0.05) is 12.1 Å². The predicted octanol–water partition coefficient (Wildman–Crippen LogP) is 1.64. The van der Waals surface area contributed by atoms with Crippen LogP contribution >= 0.6 is 0 Å². The Hall–Kier alpha value is -0.970. The minimum absolute atomic E-state index is 0.118. The molecule has 1 heterocycles. The first-order valence-electron chi connectivity index (χ1n) is 6.93. The zero-order valence-corrected chi connectivity index (χ0v) is 12.1. The van der Waals surface area contributed by atoms with Crippen LogP contribution in [0.4, 0.5) is 4.39 Å². The monoisotopic (exact) mass is 265 g/mol. The number of likely N-dealkylation sites (N-methyl/N-ethyl adjacent to an activating group) is 1. The van der Waals surface area contributed by atoms with Gasteiger partial charge in [-0.05, 0) is 38.2 Å². The zero-order chi connectivity index (χ0) is 13.8. The van der Waals surface area contributed by atoms with Crippen LogP contribution in [0.3, 0.4) is 0 Å². The number of halogens is 1. The van der Waals surface area contributed by atoms with E-state index in [0.29, 0.717) is 6.04 Å². The largest absolute Gasteiger partial charge is 0.314 e. The molecule has 2 rings (SSSR count). The Kier molecular flexibility index (Phi) is 4.91. The van der Waals surface area contributed by atoms with Crippen LogP contribution in [0.1, 0.15) is 17.2 Å². The van der Waals surface area contributed by atoms with Crippen molar-refractivity contribution in [3.8, 4) is 0 Å². The van der Waals surface area contributed by atoms with Crippen molar-refractivity contribution in [3.63, 3.8) is 0 Å². The molecule has 0 spiro atoms. The number of benzene rings is 1. The molecule has 0 aliphatic carbocycles. The fourth-order valence-electron chi connectivity index (χ4n) is 2.65. The molecule has 1 aliphatic heterocycles. The SMILES string of the molecule is Cc1cc(C(CN(C)C)N2CCNCC2)ccc1F.